The van der Waals surface area contributed by atoms with E-state index in [4.69, 9.17) is 0 Å². The van der Waals surface area contributed by atoms with Crippen molar-refractivity contribution < 1.29 is 116 Å². The van der Waals surface area contributed by atoms with Gasteiger partial charge in [0.2, 0.25) is 0 Å². The summed E-state index contributed by atoms with van der Waals surface area (Å²) < 4.78 is 52.3. The molecule has 139 valence electrons. The van der Waals surface area contributed by atoms with Crippen LogP contribution in [0.15, 0.2) is 0 Å². The minimum atomic E-state index is -5.50. The first-order chi connectivity index (χ1) is 8.54. The second kappa shape index (κ2) is 14.2. The van der Waals surface area contributed by atoms with Crippen LogP contribution in [0.3, 0.4) is 0 Å². The second-order valence-corrected chi connectivity index (χ2v) is 7.93. The SMILES string of the molecule is COP(=O)([O-])OP(=O)([O-])[O-].COP(=O)([O-])OP(=O)([O-])[O-].[Mn+2].[Mn+2].[Mn+2]. The van der Waals surface area contributed by atoms with Gasteiger partial charge in [-0.05, 0) is 0 Å². The molecule has 0 heterocycles. The van der Waals surface area contributed by atoms with E-state index in [1.807, 2.05) is 0 Å². The number of phosphoric acid groups is 4. The topological polar surface area (TPSA) is 244 Å². The zero-order chi connectivity index (χ0) is 16.8. The van der Waals surface area contributed by atoms with Crippen LogP contribution in [0.5, 0.6) is 0 Å². The molecule has 0 rings (SSSR count). The molecule has 14 nitrogen and oxygen atoms in total. The van der Waals surface area contributed by atoms with E-state index >= 15 is 0 Å². The van der Waals surface area contributed by atoms with Crippen molar-refractivity contribution in [1.82, 2.24) is 0 Å². The summed E-state index contributed by atoms with van der Waals surface area (Å²) in [6.45, 7) is 0. The van der Waals surface area contributed by atoms with Gasteiger partial charge in [-0.3, -0.25) is 17.8 Å². The Morgan fingerprint density at radius 3 is 0.783 bits per heavy atom. The first-order valence-electron chi connectivity index (χ1n) is 3.74. The van der Waals surface area contributed by atoms with E-state index in [0.717, 1.165) is 0 Å². The normalized spacial score (nSPS) is 16.0. The fourth-order valence-electron chi connectivity index (χ4n) is 0.312. The minimum absolute atomic E-state index is 0. The third-order valence-electron chi connectivity index (χ3n) is 0.847. The van der Waals surface area contributed by atoms with Gasteiger partial charge in [0.05, 0.1) is 15.6 Å². The third-order valence-corrected chi connectivity index (χ3v) is 4.94. The molecule has 0 N–H and O–H groups in total. The van der Waals surface area contributed by atoms with Crippen LogP contribution in [-0.2, 0) is 87.1 Å². The Balaban J connectivity index is -0.0000000831. The van der Waals surface area contributed by atoms with E-state index in [-0.39, 0.29) is 51.2 Å². The third kappa shape index (κ3) is 29.1. The molecule has 23 heavy (non-hydrogen) atoms. The maximum Gasteiger partial charge on any atom is 2.00 e. The minimum Gasteiger partial charge on any atom is -0.790 e. The zero-order valence-electron chi connectivity index (χ0n) is 10.6. The van der Waals surface area contributed by atoms with Crippen molar-refractivity contribution in [3.63, 3.8) is 0 Å². The Morgan fingerprint density at radius 2 is 0.739 bits per heavy atom. The van der Waals surface area contributed by atoms with Crippen LogP contribution in [0.2, 0.25) is 0 Å². The molecule has 21 heteroatoms. The molecular weight excluding hydrogens is 537 g/mol. The van der Waals surface area contributed by atoms with E-state index in [1.165, 1.54) is 0 Å². The first-order valence-corrected chi connectivity index (χ1v) is 9.58. The maximum atomic E-state index is 10.0. The summed E-state index contributed by atoms with van der Waals surface area (Å²) in [5.74, 6) is 0. The molecule has 0 amide bonds. The van der Waals surface area contributed by atoms with Crippen LogP contribution < -0.4 is 29.4 Å². The molecule has 0 saturated heterocycles. The van der Waals surface area contributed by atoms with Crippen molar-refractivity contribution in [3.8, 4) is 0 Å². The fourth-order valence-corrected chi connectivity index (χ4v) is 2.80. The van der Waals surface area contributed by atoms with E-state index in [2.05, 4.69) is 17.7 Å². The number of rotatable bonds is 6. The van der Waals surface area contributed by atoms with Crippen LogP contribution in [0.4, 0.5) is 0 Å². The molecule has 0 aromatic carbocycles. The van der Waals surface area contributed by atoms with Gasteiger partial charge in [-0.2, -0.15) is 0 Å². The molecule has 3 radical (unpaired) electrons. The Bertz CT molecular complexity index is 436. The monoisotopic (exact) mass is 543 g/mol. The zero-order valence-corrected chi connectivity index (χ0v) is 17.8. The number of hydrogen-bond acceptors (Lipinski definition) is 14. The van der Waals surface area contributed by atoms with Crippen molar-refractivity contribution in [2.24, 2.45) is 0 Å². The molecule has 0 bridgehead atoms. The summed E-state index contributed by atoms with van der Waals surface area (Å²) in [5, 5.41) is 0. The van der Waals surface area contributed by atoms with Gasteiger partial charge in [0.1, 0.15) is 0 Å². The van der Waals surface area contributed by atoms with Crippen LogP contribution >= 0.6 is 31.3 Å². The summed E-state index contributed by atoms with van der Waals surface area (Å²) in [6.07, 6.45) is 0. The number of hydrogen-bond donors (Lipinski definition) is 0. The first kappa shape index (κ1) is 36.1. The standard InChI is InChI=1S/2CH6O7P2.3Mn/c2*1-7-10(5,6)8-9(2,3)4;;;/h2*1H3,(H,5,6)(H2,2,3,4);;;/q;;3*+2/p-6. The van der Waals surface area contributed by atoms with Crippen molar-refractivity contribution in [1.29, 1.82) is 0 Å². The molecule has 2 atom stereocenters. The quantitative estimate of drug-likeness (QED) is 0.228. The van der Waals surface area contributed by atoms with Gasteiger partial charge in [0.15, 0.2) is 0 Å². The summed E-state index contributed by atoms with van der Waals surface area (Å²) in [6, 6.07) is 0. The summed E-state index contributed by atoms with van der Waals surface area (Å²) >= 11 is 0. The predicted molar refractivity (Wildman–Crippen MR) is 46.6 cm³/mol. The molecule has 0 spiro atoms. The van der Waals surface area contributed by atoms with Gasteiger partial charge in [0.25, 0.3) is 15.6 Å². The van der Waals surface area contributed by atoms with Gasteiger partial charge >= 0.3 is 51.2 Å². The molecule has 0 aromatic heterocycles. The average molecular weight is 543 g/mol. The maximum absolute atomic E-state index is 10.0. The van der Waals surface area contributed by atoms with E-state index in [9.17, 15) is 47.6 Å². The van der Waals surface area contributed by atoms with Gasteiger partial charge in [-0.25, -0.2) is 0 Å². The summed E-state index contributed by atoms with van der Waals surface area (Å²) in [7, 11) is -19.5. The van der Waals surface area contributed by atoms with Crippen molar-refractivity contribution in [2.75, 3.05) is 14.2 Å². The van der Waals surface area contributed by atoms with E-state index < -0.39 is 31.3 Å². The largest absolute Gasteiger partial charge is 2.00 e. The molecule has 0 aliphatic carbocycles. The van der Waals surface area contributed by atoms with Crippen LogP contribution in [0.25, 0.3) is 0 Å². The average Bonchev–Trinajstić information content (AvgIpc) is 2.11. The predicted octanol–water partition coefficient (Wildman–Crippen LogP) is -4.11. The summed E-state index contributed by atoms with van der Waals surface area (Å²) in [5.41, 5.74) is 0. The Morgan fingerprint density at radius 1 is 0.565 bits per heavy atom. The van der Waals surface area contributed by atoms with Crippen molar-refractivity contribution >= 4 is 31.3 Å². The Kier molecular flexibility index (Phi) is 22.2. The fraction of sp³-hybridized carbons (Fsp3) is 1.00. The Hall–Kier alpha value is 2.08. The molecular formula is C2H6Mn3O14P4. The molecule has 0 aliphatic heterocycles. The van der Waals surface area contributed by atoms with Gasteiger partial charge < -0.3 is 47.5 Å². The van der Waals surface area contributed by atoms with Crippen molar-refractivity contribution in [3.05, 3.63) is 0 Å². The van der Waals surface area contributed by atoms with E-state index in [0.29, 0.717) is 14.2 Å². The summed E-state index contributed by atoms with van der Waals surface area (Å²) in [4.78, 5) is 58.5. The van der Waals surface area contributed by atoms with Crippen molar-refractivity contribution in [2.45, 2.75) is 0 Å². The molecule has 2 unspecified atom stereocenters. The Labute approximate surface area is 161 Å². The van der Waals surface area contributed by atoms with E-state index in [1.54, 1.807) is 0 Å². The van der Waals surface area contributed by atoms with Gasteiger partial charge in [0, 0.05) is 14.2 Å². The molecule has 0 fully saturated rings. The van der Waals surface area contributed by atoms with Gasteiger partial charge in [-0.1, -0.05) is 0 Å². The molecule has 0 aromatic rings. The smallest absolute Gasteiger partial charge is 0.790 e. The van der Waals surface area contributed by atoms with Gasteiger partial charge in [-0.15, -0.1) is 0 Å². The second-order valence-electron chi connectivity index (χ2n) is 2.32. The van der Waals surface area contributed by atoms with Crippen LogP contribution in [-0.4, -0.2) is 14.2 Å². The van der Waals surface area contributed by atoms with Crippen LogP contribution in [0.1, 0.15) is 0 Å². The number of phosphoric ester groups is 2. The van der Waals surface area contributed by atoms with Crippen LogP contribution in [0, 0.1) is 0 Å². The molecule has 0 saturated carbocycles. The molecule has 0 aliphatic rings.